The van der Waals surface area contributed by atoms with Gasteiger partial charge in [0.05, 0.1) is 0 Å². The third kappa shape index (κ3) is 4.11. The highest BCUT2D eigenvalue weighted by Crippen LogP contribution is 2.18. The van der Waals surface area contributed by atoms with Gasteiger partial charge in [-0.1, -0.05) is 23.6 Å². The van der Waals surface area contributed by atoms with Crippen molar-refractivity contribution in [1.82, 2.24) is 0 Å². The Morgan fingerprint density at radius 1 is 1.44 bits per heavy atom. The van der Waals surface area contributed by atoms with Gasteiger partial charge in [0.25, 0.3) is 0 Å². The van der Waals surface area contributed by atoms with Crippen LogP contribution >= 0.6 is 22.6 Å². The Morgan fingerprint density at radius 3 is 2.81 bits per heavy atom. The Kier molecular flexibility index (Phi) is 5.12. The highest BCUT2D eigenvalue weighted by molar-refractivity contribution is 14.1. The molecule has 16 heavy (non-hydrogen) atoms. The fourth-order valence-electron chi connectivity index (χ4n) is 1.16. The molecule has 1 aromatic carbocycles. The second-order valence-electron chi connectivity index (χ2n) is 3.18. The normalized spacial score (nSPS) is 8.94. The number of ether oxygens (including phenoxy) is 2. The Morgan fingerprint density at radius 2 is 2.19 bits per heavy atom. The third-order valence-corrected chi connectivity index (χ3v) is 2.23. The van der Waals surface area contributed by atoms with Crippen molar-refractivity contribution in [3.63, 3.8) is 0 Å². The van der Waals surface area contributed by atoms with Crippen LogP contribution in [0.1, 0.15) is 11.1 Å². The van der Waals surface area contributed by atoms with Gasteiger partial charge in [-0.3, -0.25) is 0 Å². The number of hydrogen-bond acceptors (Lipinski definition) is 3. The lowest BCUT2D eigenvalue weighted by Gasteiger charge is -2.06. The average molecular weight is 330 g/mol. The zero-order valence-electron chi connectivity index (χ0n) is 9.04. The van der Waals surface area contributed by atoms with Crippen LogP contribution in [-0.4, -0.2) is 12.8 Å². The number of carbonyl (C=O) groups is 1. The average Bonchev–Trinajstić information content (AvgIpc) is 2.23. The van der Waals surface area contributed by atoms with Crippen LogP contribution in [0.2, 0.25) is 0 Å². The van der Waals surface area contributed by atoms with Crippen molar-refractivity contribution < 1.29 is 14.3 Å². The van der Waals surface area contributed by atoms with Crippen LogP contribution < -0.4 is 4.74 Å². The van der Waals surface area contributed by atoms with Crippen molar-refractivity contribution in [3.05, 3.63) is 29.3 Å². The van der Waals surface area contributed by atoms with E-state index in [1.54, 1.807) is 6.07 Å². The number of aryl methyl sites for hydroxylation is 2. The minimum atomic E-state index is -0.730. The molecule has 84 valence electrons. The van der Waals surface area contributed by atoms with E-state index in [-0.39, 0.29) is 6.61 Å². The maximum Gasteiger partial charge on any atom is 0.514 e. The van der Waals surface area contributed by atoms with Gasteiger partial charge in [-0.25, -0.2) is 4.79 Å². The highest BCUT2D eigenvalue weighted by Gasteiger charge is 2.07. The molecule has 0 aromatic heterocycles. The molecule has 0 saturated heterocycles. The van der Waals surface area contributed by atoms with Crippen molar-refractivity contribution in [2.24, 2.45) is 0 Å². The van der Waals surface area contributed by atoms with E-state index in [0.29, 0.717) is 5.75 Å². The predicted octanol–water partition coefficient (Wildman–Crippen LogP) is 3.21. The van der Waals surface area contributed by atoms with Gasteiger partial charge < -0.3 is 9.47 Å². The van der Waals surface area contributed by atoms with Gasteiger partial charge in [0.1, 0.15) is 5.75 Å². The van der Waals surface area contributed by atoms with E-state index in [0.717, 1.165) is 11.1 Å². The second kappa shape index (κ2) is 6.38. The molecule has 0 fully saturated rings. The van der Waals surface area contributed by atoms with Gasteiger partial charge in [-0.05, 0) is 29.4 Å². The zero-order chi connectivity index (χ0) is 12.0. The van der Waals surface area contributed by atoms with E-state index in [4.69, 9.17) is 9.47 Å². The summed E-state index contributed by atoms with van der Waals surface area (Å²) in [7, 11) is 0. The van der Waals surface area contributed by atoms with Gasteiger partial charge in [-0.15, -0.1) is 0 Å². The van der Waals surface area contributed by atoms with Gasteiger partial charge in [0.2, 0.25) is 0 Å². The summed E-state index contributed by atoms with van der Waals surface area (Å²) in [5.41, 5.74) is 2.02. The summed E-state index contributed by atoms with van der Waals surface area (Å²) < 4.78 is 12.3. The molecular weight excluding hydrogens is 319 g/mol. The number of hydrogen-bond donors (Lipinski definition) is 0. The van der Waals surface area contributed by atoms with Gasteiger partial charge >= 0.3 is 6.16 Å². The first-order valence-corrected chi connectivity index (χ1v) is 5.71. The van der Waals surface area contributed by atoms with Gasteiger partial charge in [-0.2, -0.15) is 0 Å². The van der Waals surface area contributed by atoms with E-state index < -0.39 is 6.16 Å². The van der Waals surface area contributed by atoms with Crippen LogP contribution in [-0.2, 0) is 4.74 Å². The number of benzene rings is 1. The van der Waals surface area contributed by atoms with Crippen molar-refractivity contribution in [2.45, 2.75) is 13.8 Å². The molecule has 0 aliphatic carbocycles. The molecule has 0 amide bonds. The van der Waals surface area contributed by atoms with Crippen LogP contribution in [0.15, 0.2) is 18.2 Å². The van der Waals surface area contributed by atoms with E-state index in [2.05, 4.69) is 9.85 Å². The van der Waals surface area contributed by atoms with Gasteiger partial charge in [0, 0.05) is 22.6 Å². The van der Waals surface area contributed by atoms with Crippen molar-refractivity contribution in [2.75, 3.05) is 6.61 Å². The van der Waals surface area contributed by atoms with Crippen LogP contribution in [0.25, 0.3) is 0 Å². The standard InChI is InChI=1S/C12H11IO3/c1-9-4-5-11(10(2)8-9)16-12(14)15-7-3-6-13/h4-5,8H,7H2,1-2H3. The molecular formula is C12H11IO3. The van der Waals surface area contributed by atoms with E-state index in [9.17, 15) is 4.79 Å². The summed E-state index contributed by atoms with van der Waals surface area (Å²) in [5.74, 6) is 3.11. The molecule has 0 heterocycles. The summed E-state index contributed by atoms with van der Waals surface area (Å²) in [6.07, 6.45) is -0.730. The maximum atomic E-state index is 11.2. The molecule has 0 spiro atoms. The molecule has 4 heteroatoms. The Balaban J connectivity index is 2.58. The molecule has 0 aliphatic rings. The number of rotatable bonds is 2. The summed E-state index contributed by atoms with van der Waals surface area (Å²) in [5, 5.41) is 0. The molecule has 0 saturated carbocycles. The Labute approximate surface area is 108 Å². The summed E-state index contributed by atoms with van der Waals surface area (Å²) in [6.45, 7) is 3.90. The zero-order valence-corrected chi connectivity index (χ0v) is 11.2. The minimum Gasteiger partial charge on any atom is -0.421 e. The molecule has 0 unspecified atom stereocenters. The first kappa shape index (κ1) is 12.8. The predicted molar refractivity (Wildman–Crippen MR) is 69.7 cm³/mol. The van der Waals surface area contributed by atoms with E-state index in [1.165, 1.54) is 0 Å². The van der Waals surface area contributed by atoms with Crippen molar-refractivity contribution in [1.29, 1.82) is 0 Å². The van der Waals surface area contributed by atoms with Crippen LogP contribution in [0.3, 0.4) is 0 Å². The quantitative estimate of drug-likeness (QED) is 0.362. The molecule has 0 radical (unpaired) electrons. The first-order valence-electron chi connectivity index (χ1n) is 4.64. The minimum absolute atomic E-state index is 0.0483. The Bertz CT molecular complexity index is 443. The first-order chi connectivity index (χ1) is 7.63. The third-order valence-electron chi connectivity index (χ3n) is 1.85. The molecule has 3 nitrogen and oxygen atoms in total. The summed E-state index contributed by atoms with van der Waals surface area (Å²) in [6, 6.07) is 5.56. The van der Waals surface area contributed by atoms with Crippen LogP contribution in [0, 0.1) is 23.7 Å². The molecule has 1 rings (SSSR count). The lowest BCUT2D eigenvalue weighted by Crippen LogP contribution is -2.11. The smallest absolute Gasteiger partial charge is 0.421 e. The number of carbonyl (C=O) groups excluding carboxylic acids is 1. The fraction of sp³-hybridized carbons (Fsp3) is 0.250. The van der Waals surface area contributed by atoms with Crippen LogP contribution in [0.4, 0.5) is 4.79 Å². The molecule has 1 aromatic rings. The molecule has 0 atom stereocenters. The number of halogens is 1. The van der Waals surface area contributed by atoms with E-state index >= 15 is 0 Å². The second-order valence-corrected chi connectivity index (χ2v) is 3.72. The lowest BCUT2D eigenvalue weighted by molar-refractivity contribution is 0.111. The Hall–Kier alpha value is -1.22. The van der Waals surface area contributed by atoms with Crippen LogP contribution in [0.5, 0.6) is 5.75 Å². The summed E-state index contributed by atoms with van der Waals surface area (Å²) in [4.78, 5) is 11.2. The summed E-state index contributed by atoms with van der Waals surface area (Å²) >= 11 is 1.87. The monoisotopic (exact) mass is 330 g/mol. The van der Waals surface area contributed by atoms with Crippen molar-refractivity contribution >= 4 is 28.7 Å². The fourth-order valence-corrected chi connectivity index (χ4v) is 1.31. The van der Waals surface area contributed by atoms with E-state index in [1.807, 2.05) is 48.6 Å². The largest absolute Gasteiger partial charge is 0.514 e. The topological polar surface area (TPSA) is 35.5 Å². The SMILES string of the molecule is Cc1ccc(OC(=O)OCC#CI)c(C)c1. The maximum absolute atomic E-state index is 11.2. The molecule has 0 aliphatic heterocycles. The highest BCUT2D eigenvalue weighted by atomic mass is 127. The van der Waals surface area contributed by atoms with Gasteiger partial charge in [0.15, 0.2) is 6.61 Å². The van der Waals surface area contributed by atoms with Crippen molar-refractivity contribution in [3.8, 4) is 15.6 Å². The molecule has 0 bridgehead atoms. The lowest BCUT2D eigenvalue weighted by atomic mass is 10.1. The molecule has 0 N–H and O–H groups in total.